The minimum Gasteiger partial charge on any atom is -0.483 e. The molecule has 0 saturated carbocycles. The predicted octanol–water partition coefficient (Wildman–Crippen LogP) is 5.25. The second-order valence-corrected chi connectivity index (χ2v) is 6.04. The van der Waals surface area contributed by atoms with E-state index < -0.39 is 64.7 Å². The first-order chi connectivity index (χ1) is 14.2. The molecule has 0 N–H and O–H groups in total. The van der Waals surface area contributed by atoms with Crippen LogP contribution in [0.3, 0.4) is 0 Å². The number of nitrogens with zero attached hydrogens (tertiary/aromatic N) is 4. The molecule has 5 nitrogen and oxygen atoms in total. The van der Waals surface area contributed by atoms with Crippen LogP contribution in [0.2, 0.25) is 0 Å². The van der Waals surface area contributed by atoms with Gasteiger partial charge in [0.05, 0.1) is 11.3 Å². The van der Waals surface area contributed by atoms with Crippen LogP contribution in [0.4, 0.5) is 39.5 Å². The predicted molar refractivity (Wildman–Crippen MR) is 84.7 cm³/mol. The number of aromatic nitrogens is 3. The average molecular weight is 454 g/mol. The molecule has 0 aliphatic rings. The van der Waals surface area contributed by atoms with Crippen LogP contribution in [0.5, 0.6) is 5.75 Å². The lowest BCUT2D eigenvalue weighted by molar-refractivity contribution is -0.158. The van der Waals surface area contributed by atoms with Gasteiger partial charge in [0.1, 0.15) is 23.8 Å². The Hall–Kier alpha value is -3.50. The summed E-state index contributed by atoms with van der Waals surface area (Å²) in [6, 6.07) is 3.63. The van der Waals surface area contributed by atoms with E-state index in [1.54, 1.807) is 0 Å². The smallest absolute Gasteiger partial charge is 0.431 e. The van der Waals surface area contributed by atoms with Gasteiger partial charge in [-0.25, -0.2) is 9.97 Å². The van der Waals surface area contributed by atoms with Crippen molar-refractivity contribution in [3.05, 3.63) is 47.5 Å². The van der Waals surface area contributed by atoms with Crippen LogP contribution in [0.25, 0.3) is 16.9 Å². The Morgan fingerprint density at radius 1 is 0.968 bits per heavy atom. The lowest BCUT2D eigenvalue weighted by Crippen LogP contribution is -2.21. The summed E-state index contributed by atoms with van der Waals surface area (Å²) >= 11 is 0. The minimum absolute atomic E-state index is 0.313. The molecule has 2 aromatic heterocycles. The number of nitriles is 1. The molecule has 3 rings (SSSR count). The summed E-state index contributed by atoms with van der Waals surface area (Å²) < 4.78 is 122. The van der Waals surface area contributed by atoms with Gasteiger partial charge in [0.25, 0.3) is 0 Å². The Labute approximate surface area is 166 Å². The van der Waals surface area contributed by atoms with Crippen LogP contribution in [-0.2, 0) is 12.4 Å². The van der Waals surface area contributed by atoms with Crippen molar-refractivity contribution < 1.29 is 44.3 Å². The average Bonchev–Trinajstić information content (AvgIpc) is 3.06. The monoisotopic (exact) mass is 454 g/mol. The van der Waals surface area contributed by atoms with Crippen molar-refractivity contribution in [2.24, 2.45) is 0 Å². The number of hydrogen-bond donors (Lipinski definition) is 0. The summed E-state index contributed by atoms with van der Waals surface area (Å²) in [4.78, 5) is 7.25. The van der Waals surface area contributed by atoms with E-state index in [2.05, 4.69) is 14.7 Å². The maximum atomic E-state index is 13.4. The van der Waals surface area contributed by atoms with E-state index in [-0.39, 0.29) is 0 Å². The molecule has 0 bridgehead atoms. The number of fused-ring (bicyclic) bond motifs is 1. The Bertz CT molecular complexity index is 1170. The van der Waals surface area contributed by atoms with Gasteiger partial charge in [-0.05, 0) is 24.3 Å². The molecule has 0 spiro atoms. The highest BCUT2D eigenvalue weighted by molar-refractivity contribution is 5.67. The van der Waals surface area contributed by atoms with Crippen molar-refractivity contribution in [2.45, 2.75) is 18.5 Å². The Morgan fingerprint density at radius 2 is 1.65 bits per heavy atom. The van der Waals surface area contributed by atoms with Crippen LogP contribution in [0.15, 0.2) is 30.6 Å². The largest absolute Gasteiger partial charge is 0.483 e. The molecular formula is C17H7F9N4O. The van der Waals surface area contributed by atoms with E-state index in [9.17, 15) is 39.5 Å². The lowest BCUT2D eigenvalue weighted by atomic mass is 10.1. The van der Waals surface area contributed by atoms with Gasteiger partial charge in [-0.15, -0.1) is 0 Å². The Kier molecular flexibility index (Phi) is 5.24. The second-order valence-electron chi connectivity index (χ2n) is 6.04. The fraction of sp³-hybridized carbons (Fsp3) is 0.235. The molecule has 164 valence electrons. The van der Waals surface area contributed by atoms with Crippen molar-refractivity contribution in [3.8, 4) is 23.1 Å². The first-order valence-corrected chi connectivity index (χ1v) is 7.97. The highest BCUT2D eigenvalue weighted by atomic mass is 19.4. The quantitative estimate of drug-likeness (QED) is 0.508. The molecule has 14 heteroatoms. The molecule has 1 aromatic carbocycles. The number of benzene rings is 1. The summed E-state index contributed by atoms with van der Waals surface area (Å²) in [7, 11) is 0. The SMILES string of the molecule is N#Cc1ncn2c(C(F)(F)F)cc(-c3ccc(OCC(F)(F)F)c(C(F)(F)F)c3)nc12. The van der Waals surface area contributed by atoms with E-state index in [1.165, 1.54) is 6.07 Å². The van der Waals surface area contributed by atoms with Gasteiger partial charge in [-0.3, -0.25) is 4.40 Å². The van der Waals surface area contributed by atoms with Crippen LogP contribution in [0, 0.1) is 11.3 Å². The van der Waals surface area contributed by atoms with Crippen molar-refractivity contribution >= 4 is 5.65 Å². The van der Waals surface area contributed by atoms with Crippen molar-refractivity contribution in [2.75, 3.05) is 6.61 Å². The highest BCUT2D eigenvalue weighted by Crippen LogP contribution is 2.40. The van der Waals surface area contributed by atoms with E-state index in [4.69, 9.17) is 5.26 Å². The fourth-order valence-electron chi connectivity index (χ4n) is 2.61. The second kappa shape index (κ2) is 7.33. The van der Waals surface area contributed by atoms with Crippen LogP contribution in [0.1, 0.15) is 17.0 Å². The minimum atomic E-state index is -5.18. The summed E-state index contributed by atoms with van der Waals surface area (Å²) in [6.07, 6.45) is -14.4. The van der Waals surface area contributed by atoms with Gasteiger partial charge in [0.2, 0.25) is 0 Å². The zero-order valence-electron chi connectivity index (χ0n) is 14.7. The number of imidazole rings is 1. The number of hydrogen-bond acceptors (Lipinski definition) is 4. The third kappa shape index (κ3) is 4.65. The standard InChI is InChI=1S/C17H7F9N4O/c18-15(19,20)6-31-12-2-1-8(3-9(12)16(21,22)23)10-4-13(17(24,25)26)30-7-28-11(5-27)14(30)29-10/h1-4,7H,6H2. The molecule has 0 unspecified atom stereocenters. The van der Waals surface area contributed by atoms with Gasteiger partial charge >= 0.3 is 18.5 Å². The fourth-order valence-corrected chi connectivity index (χ4v) is 2.61. The van der Waals surface area contributed by atoms with E-state index in [0.29, 0.717) is 28.9 Å². The van der Waals surface area contributed by atoms with Crippen molar-refractivity contribution in [1.29, 1.82) is 5.26 Å². The molecule has 3 aromatic rings. The van der Waals surface area contributed by atoms with Gasteiger partial charge in [-0.1, -0.05) is 0 Å². The molecule has 0 saturated heterocycles. The molecule has 0 radical (unpaired) electrons. The lowest BCUT2D eigenvalue weighted by Gasteiger charge is -2.17. The molecule has 31 heavy (non-hydrogen) atoms. The zero-order chi connectivity index (χ0) is 23.2. The molecular weight excluding hydrogens is 447 g/mol. The zero-order valence-corrected chi connectivity index (χ0v) is 14.7. The third-order valence-electron chi connectivity index (χ3n) is 3.87. The van der Waals surface area contributed by atoms with Gasteiger partial charge in [0, 0.05) is 5.56 Å². The summed E-state index contributed by atoms with van der Waals surface area (Å²) in [6.45, 7) is -2.00. The number of rotatable bonds is 3. The topological polar surface area (TPSA) is 63.2 Å². The third-order valence-corrected chi connectivity index (χ3v) is 3.87. The highest BCUT2D eigenvalue weighted by Gasteiger charge is 2.38. The molecule has 0 atom stereocenters. The van der Waals surface area contributed by atoms with Gasteiger partial charge in [-0.2, -0.15) is 44.8 Å². The van der Waals surface area contributed by atoms with Gasteiger partial charge in [0.15, 0.2) is 17.9 Å². The summed E-state index contributed by atoms with van der Waals surface area (Å²) in [5.74, 6) is -1.16. The van der Waals surface area contributed by atoms with E-state index in [1.807, 2.05) is 0 Å². The van der Waals surface area contributed by atoms with Crippen molar-refractivity contribution in [3.63, 3.8) is 0 Å². The van der Waals surface area contributed by atoms with Crippen LogP contribution in [-0.4, -0.2) is 27.2 Å². The van der Waals surface area contributed by atoms with Crippen LogP contribution >= 0.6 is 0 Å². The maximum Gasteiger partial charge on any atom is 0.431 e. The Morgan fingerprint density at radius 3 is 2.19 bits per heavy atom. The molecule has 0 aliphatic carbocycles. The van der Waals surface area contributed by atoms with Gasteiger partial charge < -0.3 is 4.74 Å². The molecule has 2 heterocycles. The summed E-state index contributed by atoms with van der Waals surface area (Å²) in [5, 5.41) is 8.99. The maximum absolute atomic E-state index is 13.4. The first kappa shape index (κ1) is 22.2. The summed E-state index contributed by atoms with van der Waals surface area (Å²) in [5.41, 5.74) is -5.17. The Balaban J connectivity index is 2.19. The van der Waals surface area contributed by atoms with E-state index >= 15 is 0 Å². The normalized spacial score (nSPS) is 12.8. The number of alkyl halides is 9. The molecule has 0 fully saturated rings. The number of ether oxygens (including phenoxy) is 1. The van der Waals surface area contributed by atoms with Crippen molar-refractivity contribution in [1.82, 2.24) is 14.4 Å². The van der Waals surface area contributed by atoms with E-state index in [0.717, 1.165) is 6.07 Å². The van der Waals surface area contributed by atoms with Crippen LogP contribution < -0.4 is 4.74 Å². The molecule has 0 amide bonds. The first-order valence-electron chi connectivity index (χ1n) is 7.97. The molecule has 0 aliphatic heterocycles. The number of halogens is 9.